The first-order valence-corrected chi connectivity index (χ1v) is 3.60. The van der Waals surface area contributed by atoms with Gasteiger partial charge in [0.25, 0.3) is 0 Å². The van der Waals surface area contributed by atoms with Crippen molar-refractivity contribution in [2.45, 2.75) is 6.04 Å². The van der Waals surface area contributed by atoms with Crippen LogP contribution in [0.25, 0.3) is 0 Å². The Kier molecular flexibility index (Phi) is 3.05. The number of hydrogen-bond donors (Lipinski definition) is 0. The monoisotopic (exact) mass is 194 g/mol. The minimum atomic E-state index is -1.27. The zero-order valence-corrected chi connectivity index (χ0v) is 6.87. The summed E-state index contributed by atoms with van der Waals surface area (Å²) in [4.78, 5) is 13.0. The summed E-state index contributed by atoms with van der Waals surface area (Å²) in [6.45, 7) is 0. The molecule has 3 nitrogen and oxygen atoms in total. The molecule has 0 radical (unpaired) electrons. The molecular formula is C9H4F2N2O. The van der Waals surface area contributed by atoms with Gasteiger partial charge in [0.1, 0.15) is 11.6 Å². The first-order chi connectivity index (χ1) is 6.69. The Balaban J connectivity index is 3.18. The topological polar surface area (TPSA) is 53.2 Å². The molecule has 0 N–H and O–H groups in total. The third-order valence-corrected chi connectivity index (χ3v) is 1.56. The fourth-order valence-electron chi connectivity index (χ4n) is 0.944. The summed E-state index contributed by atoms with van der Waals surface area (Å²) in [5, 5.41) is 8.52. The van der Waals surface area contributed by atoms with Crippen molar-refractivity contribution in [3.05, 3.63) is 35.4 Å². The second kappa shape index (κ2) is 4.26. The highest BCUT2D eigenvalue weighted by molar-refractivity contribution is 5.38. The molecule has 0 aliphatic carbocycles. The maximum atomic E-state index is 13.0. The zero-order chi connectivity index (χ0) is 10.6. The summed E-state index contributed by atoms with van der Waals surface area (Å²) in [5.41, 5.74) is -0.141. The Bertz CT molecular complexity index is 433. The molecule has 0 spiro atoms. The van der Waals surface area contributed by atoms with Gasteiger partial charge < -0.3 is 0 Å². The maximum absolute atomic E-state index is 13.0. The van der Waals surface area contributed by atoms with Crippen molar-refractivity contribution < 1.29 is 13.6 Å². The molecule has 0 saturated carbocycles. The van der Waals surface area contributed by atoms with Crippen molar-refractivity contribution in [2.24, 2.45) is 4.99 Å². The van der Waals surface area contributed by atoms with Crippen molar-refractivity contribution in [3.63, 3.8) is 0 Å². The molecule has 0 saturated heterocycles. The second-order valence-corrected chi connectivity index (χ2v) is 2.42. The number of isocyanates is 1. The van der Waals surface area contributed by atoms with Gasteiger partial charge in [-0.3, -0.25) is 0 Å². The van der Waals surface area contributed by atoms with Gasteiger partial charge in [0.2, 0.25) is 6.08 Å². The second-order valence-electron chi connectivity index (χ2n) is 2.42. The number of rotatable bonds is 2. The SMILES string of the molecule is N#CC(N=C=O)c1ccc(F)cc1F. The Morgan fingerprint density at radius 2 is 2.14 bits per heavy atom. The molecule has 0 bridgehead atoms. The van der Waals surface area contributed by atoms with Crippen LogP contribution in [0.2, 0.25) is 0 Å². The maximum Gasteiger partial charge on any atom is 0.236 e. The van der Waals surface area contributed by atoms with E-state index in [0.29, 0.717) is 6.07 Å². The van der Waals surface area contributed by atoms with Gasteiger partial charge in [-0.05, 0) is 12.1 Å². The molecule has 0 fully saturated rings. The highest BCUT2D eigenvalue weighted by atomic mass is 19.1. The van der Waals surface area contributed by atoms with Crippen LogP contribution in [0.5, 0.6) is 0 Å². The first kappa shape index (κ1) is 10.0. The molecule has 0 aromatic heterocycles. The summed E-state index contributed by atoms with van der Waals surface area (Å²) in [6, 6.07) is 3.00. The molecule has 0 heterocycles. The number of carbonyl (C=O) groups excluding carboxylic acids is 1. The van der Waals surface area contributed by atoms with Gasteiger partial charge in [-0.2, -0.15) is 10.3 Å². The van der Waals surface area contributed by atoms with Crippen LogP contribution in [0.1, 0.15) is 11.6 Å². The average molecular weight is 194 g/mol. The van der Waals surface area contributed by atoms with E-state index in [-0.39, 0.29) is 5.56 Å². The molecule has 1 unspecified atom stereocenters. The van der Waals surface area contributed by atoms with Crippen LogP contribution in [-0.4, -0.2) is 6.08 Å². The minimum absolute atomic E-state index is 0.141. The first-order valence-electron chi connectivity index (χ1n) is 3.60. The molecular weight excluding hydrogens is 190 g/mol. The van der Waals surface area contributed by atoms with Crippen LogP contribution in [-0.2, 0) is 4.79 Å². The van der Waals surface area contributed by atoms with Crippen LogP contribution >= 0.6 is 0 Å². The fourth-order valence-corrected chi connectivity index (χ4v) is 0.944. The van der Waals surface area contributed by atoms with Gasteiger partial charge in [0, 0.05) is 11.6 Å². The lowest BCUT2D eigenvalue weighted by Crippen LogP contribution is -1.96. The van der Waals surface area contributed by atoms with E-state index in [0.717, 1.165) is 18.2 Å². The number of halogens is 2. The number of nitriles is 1. The van der Waals surface area contributed by atoms with Gasteiger partial charge in [-0.25, -0.2) is 13.6 Å². The molecule has 1 aromatic carbocycles. The third-order valence-electron chi connectivity index (χ3n) is 1.56. The van der Waals surface area contributed by atoms with Crippen molar-refractivity contribution in [1.82, 2.24) is 0 Å². The van der Waals surface area contributed by atoms with Gasteiger partial charge in [0.05, 0.1) is 6.07 Å². The lowest BCUT2D eigenvalue weighted by atomic mass is 10.1. The normalized spacial score (nSPS) is 11.2. The molecule has 1 atom stereocenters. The average Bonchev–Trinajstić information content (AvgIpc) is 2.15. The van der Waals surface area contributed by atoms with Crippen molar-refractivity contribution in [1.29, 1.82) is 5.26 Å². The summed E-state index contributed by atoms with van der Waals surface area (Å²) in [5.74, 6) is -1.66. The predicted molar refractivity (Wildman–Crippen MR) is 42.8 cm³/mol. The molecule has 70 valence electrons. The van der Waals surface area contributed by atoms with Crippen LogP contribution in [0, 0.1) is 23.0 Å². The quantitative estimate of drug-likeness (QED) is 0.533. The molecule has 0 amide bonds. The summed E-state index contributed by atoms with van der Waals surface area (Å²) in [7, 11) is 0. The Morgan fingerprint density at radius 1 is 1.43 bits per heavy atom. The lowest BCUT2D eigenvalue weighted by molar-refractivity contribution is 0.556. The summed E-state index contributed by atoms with van der Waals surface area (Å²) in [6.07, 6.45) is 1.15. The Morgan fingerprint density at radius 3 is 2.64 bits per heavy atom. The van der Waals surface area contributed by atoms with E-state index in [4.69, 9.17) is 5.26 Å². The molecule has 0 aliphatic rings. The Hall–Kier alpha value is -2.05. The van der Waals surface area contributed by atoms with E-state index >= 15 is 0 Å². The molecule has 1 aromatic rings. The largest absolute Gasteiger partial charge is 0.236 e. The van der Waals surface area contributed by atoms with Crippen LogP contribution in [0.3, 0.4) is 0 Å². The highest BCUT2D eigenvalue weighted by Gasteiger charge is 2.14. The van der Waals surface area contributed by atoms with Crippen LogP contribution in [0.15, 0.2) is 23.2 Å². The number of nitrogens with zero attached hydrogens (tertiary/aromatic N) is 2. The van der Waals surface area contributed by atoms with Gasteiger partial charge in [-0.1, -0.05) is 0 Å². The lowest BCUT2D eigenvalue weighted by Gasteiger charge is -2.02. The Labute approximate surface area is 78.3 Å². The number of benzene rings is 1. The molecule has 1 rings (SSSR count). The van der Waals surface area contributed by atoms with Crippen LogP contribution < -0.4 is 0 Å². The highest BCUT2D eigenvalue weighted by Crippen LogP contribution is 2.20. The number of hydrogen-bond acceptors (Lipinski definition) is 3. The predicted octanol–water partition coefficient (Wildman–Crippen LogP) is 1.87. The third kappa shape index (κ3) is 2.00. The van der Waals surface area contributed by atoms with Crippen molar-refractivity contribution in [2.75, 3.05) is 0 Å². The van der Waals surface area contributed by atoms with Crippen LogP contribution in [0.4, 0.5) is 8.78 Å². The van der Waals surface area contributed by atoms with Crippen molar-refractivity contribution >= 4 is 6.08 Å². The smallest absolute Gasteiger partial charge is 0.211 e. The summed E-state index contributed by atoms with van der Waals surface area (Å²) < 4.78 is 25.5. The van der Waals surface area contributed by atoms with Gasteiger partial charge in [0.15, 0.2) is 6.04 Å². The molecule has 0 aliphatic heterocycles. The van der Waals surface area contributed by atoms with Crippen molar-refractivity contribution in [3.8, 4) is 6.07 Å². The summed E-state index contributed by atoms with van der Waals surface area (Å²) >= 11 is 0. The molecule has 14 heavy (non-hydrogen) atoms. The number of aliphatic imine (C=N–C) groups is 1. The van der Waals surface area contributed by atoms with Gasteiger partial charge in [-0.15, -0.1) is 0 Å². The van der Waals surface area contributed by atoms with E-state index in [1.165, 1.54) is 0 Å². The van der Waals surface area contributed by atoms with E-state index < -0.39 is 17.7 Å². The van der Waals surface area contributed by atoms with E-state index in [1.54, 1.807) is 6.07 Å². The molecule has 5 heteroatoms. The minimum Gasteiger partial charge on any atom is -0.211 e. The van der Waals surface area contributed by atoms with Gasteiger partial charge >= 0.3 is 0 Å². The zero-order valence-electron chi connectivity index (χ0n) is 6.87. The fraction of sp³-hybridized carbons (Fsp3) is 0.111. The van der Waals surface area contributed by atoms with E-state index in [1.807, 2.05) is 0 Å². The standard InChI is InChI=1S/C9H4F2N2O/c10-6-1-2-7(8(11)3-6)9(4-12)13-5-14/h1-3,9H. The van der Waals surface area contributed by atoms with E-state index in [9.17, 15) is 13.6 Å². The van der Waals surface area contributed by atoms with E-state index in [2.05, 4.69) is 4.99 Å².